The van der Waals surface area contributed by atoms with Gasteiger partial charge in [-0.1, -0.05) is 122 Å². The molecular formula is C45H33N3. The molecule has 1 aliphatic rings. The first-order valence-electron chi connectivity index (χ1n) is 16.6. The second-order valence-corrected chi connectivity index (χ2v) is 12.8. The molecule has 0 aliphatic heterocycles. The predicted molar refractivity (Wildman–Crippen MR) is 204 cm³/mol. The molecule has 0 saturated carbocycles. The molecule has 0 radical (unpaired) electrons. The van der Waals surface area contributed by atoms with Gasteiger partial charge >= 0.3 is 0 Å². The maximum atomic E-state index is 5.28. The molecule has 1 aliphatic carbocycles. The van der Waals surface area contributed by atoms with Gasteiger partial charge in [-0.2, -0.15) is 0 Å². The van der Waals surface area contributed by atoms with Gasteiger partial charge in [-0.15, -0.1) is 0 Å². The molecule has 48 heavy (non-hydrogen) atoms. The van der Waals surface area contributed by atoms with Crippen LogP contribution in [0.15, 0.2) is 158 Å². The van der Waals surface area contributed by atoms with Gasteiger partial charge in [0, 0.05) is 38.7 Å². The summed E-state index contributed by atoms with van der Waals surface area (Å²) in [6.07, 6.45) is 8.03. The van der Waals surface area contributed by atoms with E-state index in [9.17, 15) is 0 Å². The highest BCUT2D eigenvalue weighted by Crippen LogP contribution is 2.38. The van der Waals surface area contributed by atoms with Gasteiger partial charge in [0.25, 0.3) is 0 Å². The Bertz CT molecular complexity index is 2560. The summed E-state index contributed by atoms with van der Waals surface area (Å²) >= 11 is 0. The zero-order chi connectivity index (χ0) is 32.0. The van der Waals surface area contributed by atoms with Gasteiger partial charge in [0.05, 0.1) is 22.2 Å². The van der Waals surface area contributed by atoms with Crippen molar-refractivity contribution in [2.75, 3.05) is 5.32 Å². The van der Waals surface area contributed by atoms with Crippen LogP contribution in [0, 0.1) is 5.92 Å². The number of benzene rings is 6. The Morgan fingerprint density at radius 2 is 1.27 bits per heavy atom. The lowest BCUT2D eigenvalue weighted by Crippen LogP contribution is -1.99. The molecule has 0 saturated heterocycles. The van der Waals surface area contributed by atoms with Crippen molar-refractivity contribution in [2.24, 2.45) is 5.92 Å². The van der Waals surface area contributed by atoms with Crippen LogP contribution in [0.4, 0.5) is 11.4 Å². The topological polar surface area (TPSA) is 37.8 Å². The van der Waals surface area contributed by atoms with Crippen molar-refractivity contribution in [2.45, 2.75) is 13.3 Å². The summed E-state index contributed by atoms with van der Waals surface area (Å²) in [7, 11) is 0. The van der Waals surface area contributed by atoms with Crippen molar-refractivity contribution < 1.29 is 0 Å². The Kier molecular flexibility index (Phi) is 6.83. The van der Waals surface area contributed by atoms with E-state index in [2.05, 4.69) is 164 Å². The Labute approximate surface area is 279 Å². The minimum atomic E-state index is 0.503. The first kappa shape index (κ1) is 28.2. The molecule has 228 valence electrons. The summed E-state index contributed by atoms with van der Waals surface area (Å²) in [5.41, 5.74) is 12.0. The first-order chi connectivity index (χ1) is 23.7. The summed E-state index contributed by atoms with van der Waals surface area (Å²) < 4.78 is 0. The van der Waals surface area contributed by atoms with Gasteiger partial charge in [-0.25, -0.2) is 9.97 Å². The minimum Gasteiger partial charge on any atom is -0.356 e. The number of nitrogens with one attached hydrogen (secondary N) is 1. The number of nitrogens with zero attached hydrogens (tertiary/aromatic N) is 2. The van der Waals surface area contributed by atoms with Crippen molar-refractivity contribution >= 4 is 60.4 Å². The summed E-state index contributed by atoms with van der Waals surface area (Å²) in [6, 6.07) is 49.4. The summed E-state index contributed by atoms with van der Waals surface area (Å²) in [5.74, 6) is 0.503. The maximum Gasteiger partial charge on any atom is 0.0978 e. The van der Waals surface area contributed by atoms with Crippen LogP contribution in [0.1, 0.15) is 18.9 Å². The van der Waals surface area contributed by atoms with E-state index < -0.39 is 0 Å². The fourth-order valence-electron chi connectivity index (χ4n) is 7.04. The predicted octanol–water partition coefficient (Wildman–Crippen LogP) is 12.1. The van der Waals surface area contributed by atoms with E-state index in [-0.39, 0.29) is 0 Å². The van der Waals surface area contributed by atoms with E-state index in [0.717, 1.165) is 56.4 Å². The average Bonchev–Trinajstić information content (AvgIpc) is 3.14. The fourth-order valence-corrected chi connectivity index (χ4v) is 7.04. The van der Waals surface area contributed by atoms with Gasteiger partial charge in [0.2, 0.25) is 0 Å². The van der Waals surface area contributed by atoms with Crippen LogP contribution in [0.25, 0.3) is 71.4 Å². The normalized spacial score (nSPS) is 14.5. The monoisotopic (exact) mass is 615 g/mol. The van der Waals surface area contributed by atoms with Gasteiger partial charge in [0.1, 0.15) is 0 Å². The molecule has 3 heteroatoms. The van der Waals surface area contributed by atoms with Crippen LogP contribution < -0.4 is 5.32 Å². The molecule has 0 spiro atoms. The Morgan fingerprint density at radius 1 is 0.562 bits per heavy atom. The van der Waals surface area contributed by atoms with Crippen molar-refractivity contribution in [1.82, 2.24) is 9.97 Å². The molecule has 2 aromatic heterocycles. The number of pyridine rings is 2. The highest BCUT2D eigenvalue weighted by Gasteiger charge is 2.17. The zero-order valence-electron chi connectivity index (χ0n) is 26.7. The van der Waals surface area contributed by atoms with Gasteiger partial charge in [-0.3, -0.25) is 0 Å². The number of fused-ring (bicyclic) bond motifs is 5. The van der Waals surface area contributed by atoms with Gasteiger partial charge in [-0.05, 0) is 82.3 Å². The van der Waals surface area contributed by atoms with E-state index in [1.54, 1.807) is 0 Å². The molecule has 1 atom stereocenters. The Hall–Kier alpha value is -6.06. The van der Waals surface area contributed by atoms with E-state index in [0.29, 0.717) is 5.92 Å². The summed E-state index contributed by atoms with van der Waals surface area (Å²) in [5, 5.41) is 9.34. The number of para-hydroxylation sites is 1. The van der Waals surface area contributed by atoms with Crippen LogP contribution >= 0.6 is 0 Å². The summed E-state index contributed by atoms with van der Waals surface area (Å²) in [4.78, 5) is 10.5. The molecule has 3 nitrogen and oxygen atoms in total. The number of anilines is 2. The average molecular weight is 616 g/mol. The molecule has 8 aromatic rings. The largest absolute Gasteiger partial charge is 0.356 e. The van der Waals surface area contributed by atoms with Crippen molar-refractivity contribution in [3.63, 3.8) is 0 Å². The molecule has 0 bridgehead atoms. The molecule has 0 amide bonds. The molecular weight excluding hydrogens is 583 g/mol. The van der Waals surface area contributed by atoms with Crippen molar-refractivity contribution in [3.05, 3.63) is 163 Å². The highest BCUT2D eigenvalue weighted by molar-refractivity contribution is 6.14. The zero-order valence-corrected chi connectivity index (χ0v) is 26.7. The molecule has 1 N–H and O–H groups in total. The van der Waals surface area contributed by atoms with Crippen molar-refractivity contribution in [3.8, 4) is 22.4 Å². The Morgan fingerprint density at radius 3 is 2.15 bits per heavy atom. The van der Waals surface area contributed by atoms with Crippen molar-refractivity contribution in [1.29, 1.82) is 0 Å². The molecule has 9 rings (SSSR count). The molecule has 0 unspecified atom stereocenters. The van der Waals surface area contributed by atoms with E-state index in [4.69, 9.17) is 9.97 Å². The lowest BCUT2D eigenvalue weighted by Gasteiger charge is -2.17. The lowest BCUT2D eigenvalue weighted by molar-refractivity contribution is 0.740. The maximum absolute atomic E-state index is 5.28. The van der Waals surface area contributed by atoms with Crippen LogP contribution in [0.3, 0.4) is 0 Å². The fraction of sp³-hybridized carbons (Fsp3) is 0.0667. The molecule has 0 fully saturated rings. The van der Waals surface area contributed by atoms with E-state index in [1.807, 2.05) is 6.07 Å². The number of rotatable bonds is 5. The quantitative estimate of drug-likeness (QED) is 0.155. The van der Waals surface area contributed by atoms with Gasteiger partial charge in [0.15, 0.2) is 0 Å². The highest BCUT2D eigenvalue weighted by atomic mass is 14.9. The van der Waals surface area contributed by atoms with Gasteiger partial charge < -0.3 is 5.32 Å². The third-order valence-corrected chi connectivity index (χ3v) is 9.49. The smallest absolute Gasteiger partial charge is 0.0978 e. The van der Waals surface area contributed by atoms with Crippen LogP contribution in [0.5, 0.6) is 0 Å². The number of hydrogen-bond donors (Lipinski definition) is 1. The number of allylic oxidation sites excluding steroid dienone is 4. The van der Waals surface area contributed by atoms with E-state index >= 15 is 0 Å². The molecule has 6 aromatic carbocycles. The summed E-state index contributed by atoms with van der Waals surface area (Å²) in [6.45, 7) is 2.28. The first-order valence-corrected chi connectivity index (χ1v) is 16.6. The van der Waals surface area contributed by atoms with E-state index in [1.165, 1.54) is 38.4 Å². The Balaban J connectivity index is 1.07. The van der Waals surface area contributed by atoms with Crippen LogP contribution in [0.2, 0.25) is 0 Å². The minimum absolute atomic E-state index is 0.503. The number of aromatic nitrogens is 2. The third-order valence-electron chi connectivity index (χ3n) is 9.49. The third kappa shape index (κ3) is 5.10. The number of hydrogen-bond acceptors (Lipinski definition) is 3. The second-order valence-electron chi connectivity index (χ2n) is 12.8. The lowest BCUT2D eigenvalue weighted by atomic mass is 9.89. The standard InChI is InChI=1S/C45H33N3/c1-29-8-7-11-36(26-29)43-39-12-5-6-13-42(39)48-45-40(43)24-19-32-20-25-41(47-44(32)45)35-15-14-34-28-38(23-18-33(34)27-35)46-37-21-16-31(17-22-37)30-9-3-2-4-10-30/h2-7,9-29,46H,8H2,1H3/t29-/m0/s1. The van der Waals surface area contributed by atoms with Crippen LogP contribution in [-0.4, -0.2) is 9.97 Å². The second kappa shape index (κ2) is 11.6. The molecule has 2 heterocycles. The van der Waals surface area contributed by atoms with Crippen LogP contribution in [-0.2, 0) is 0 Å². The SMILES string of the molecule is C[C@@H]1C=C(c2c3ccccc3nc3c2ccc2ccc(-c4ccc5cc(Nc6ccc(-c7ccccc7)cc6)ccc5c4)nc23)C=CC1.